The molecular formula is C26H30N2O3S. The van der Waals surface area contributed by atoms with Gasteiger partial charge in [-0.15, -0.1) is 0 Å². The molecule has 0 aliphatic heterocycles. The monoisotopic (exact) mass is 450 g/mol. The molecule has 32 heavy (non-hydrogen) atoms. The highest BCUT2D eigenvalue weighted by Gasteiger charge is 2.28. The molecule has 6 heteroatoms. The fourth-order valence-electron chi connectivity index (χ4n) is 3.76. The summed E-state index contributed by atoms with van der Waals surface area (Å²) in [4.78, 5) is 13.3. The third-order valence-electron chi connectivity index (χ3n) is 5.43. The summed E-state index contributed by atoms with van der Waals surface area (Å²) in [6.07, 6.45) is 0. The Hall–Kier alpha value is -3.12. The number of sulfonamides is 1. The zero-order valence-corrected chi connectivity index (χ0v) is 20.0. The minimum atomic E-state index is -3.94. The lowest BCUT2D eigenvalue weighted by molar-refractivity contribution is -0.114. The lowest BCUT2D eigenvalue weighted by atomic mass is 9.98. The van der Waals surface area contributed by atoms with Crippen LogP contribution in [0, 0.1) is 20.8 Å². The molecule has 1 N–H and O–H groups in total. The second kappa shape index (κ2) is 9.57. The van der Waals surface area contributed by atoms with Crippen molar-refractivity contribution >= 4 is 27.3 Å². The lowest BCUT2D eigenvalue weighted by Crippen LogP contribution is -2.38. The van der Waals surface area contributed by atoms with Gasteiger partial charge in [-0.1, -0.05) is 67.9 Å². The second-order valence-corrected chi connectivity index (χ2v) is 10.2. The van der Waals surface area contributed by atoms with Crippen molar-refractivity contribution in [2.24, 2.45) is 0 Å². The van der Waals surface area contributed by atoms with Crippen LogP contribution < -0.4 is 9.62 Å². The van der Waals surface area contributed by atoms with E-state index in [1.165, 1.54) is 4.31 Å². The van der Waals surface area contributed by atoms with Crippen molar-refractivity contribution < 1.29 is 13.2 Å². The SMILES string of the molecule is Cc1ccc(N(CC(=O)Nc2c(C)cccc2C(C)C)S(=O)(=O)c2ccccc2)c(C)c1. The summed E-state index contributed by atoms with van der Waals surface area (Å²) in [5, 5.41) is 2.97. The number of nitrogens with zero attached hydrogens (tertiary/aromatic N) is 1. The van der Waals surface area contributed by atoms with Crippen molar-refractivity contribution in [1.82, 2.24) is 0 Å². The van der Waals surface area contributed by atoms with Crippen molar-refractivity contribution in [3.8, 4) is 0 Å². The van der Waals surface area contributed by atoms with Crippen LogP contribution in [-0.4, -0.2) is 20.9 Å². The van der Waals surface area contributed by atoms with Gasteiger partial charge in [0.15, 0.2) is 0 Å². The summed E-state index contributed by atoms with van der Waals surface area (Å²) in [5.41, 5.74) is 5.00. The standard InChI is InChI=1S/C26H30N2O3S/c1-18(2)23-13-9-10-20(4)26(23)27-25(29)17-28(24-15-14-19(3)16-21(24)5)32(30,31)22-11-7-6-8-12-22/h6-16,18H,17H2,1-5H3,(H,27,29). The first-order valence-corrected chi connectivity index (χ1v) is 12.1. The number of benzene rings is 3. The van der Waals surface area contributed by atoms with E-state index in [1.807, 2.05) is 51.1 Å². The number of carbonyl (C=O) groups is 1. The average molecular weight is 451 g/mol. The fourth-order valence-corrected chi connectivity index (χ4v) is 5.26. The van der Waals surface area contributed by atoms with Crippen molar-refractivity contribution in [2.45, 2.75) is 45.4 Å². The summed E-state index contributed by atoms with van der Waals surface area (Å²) < 4.78 is 28.3. The lowest BCUT2D eigenvalue weighted by Gasteiger charge is -2.26. The maximum Gasteiger partial charge on any atom is 0.264 e. The molecule has 168 valence electrons. The first-order valence-electron chi connectivity index (χ1n) is 10.7. The third-order valence-corrected chi connectivity index (χ3v) is 7.20. The predicted octanol–water partition coefficient (Wildman–Crippen LogP) is 5.57. The quantitative estimate of drug-likeness (QED) is 0.512. The zero-order valence-electron chi connectivity index (χ0n) is 19.2. The Morgan fingerprint density at radius 3 is 2.22 bits per heavy atom. The van der Waals surface area contributed by atoms with Gasteiger partial charge >= 0.3 is 0 Å². The van der Waals surface area contributed by atoms with Crippen molar-refractivity contribution in [3.05, 3.63) is 89.0 Å². The molecule has 0 spiro atoms. The third kappa shape index (κ3) is 5.02. The van der Waals surface area contributed by atoms with Gasteiger partial charge in [0.05, 0.1) is 10.6 Å². The molecule has 0 aliphatic rings. The number of hydrogen-bond acceptors (Lipinski definition) is 3. The second-order valence-electron chi connectivity index (χ2n) is 8.36. The smallest absolute Gasteiger partial charge is 0.264 e. The summed E-state index contributed by atoms with van der Waals surface area (Å²) in [5.74, 6) is -0.172. The summed E-state index contributed by atoms with van der Waals surface area (Å²) in [6, 6.07) is 19.6. The molecule has 0 fully saturated rings. The molecule has 0 heterocycles. The van der Waals surface area contributed by atoms with Gasteiger partial charge in [-0.2, -0.15) is 0 Å². The first-order chi connectivity index (χ1) is 15.1. The Morgan fingerprint density at radius 2 is 1.59 bits per heavy atom. The van der Waals surface area contributed by atoms with Crippen LogP contribution in [-0.2, 0) is 14.8 Å². The molecule has 0 aliphatic carbocycles. The van der Waals surface area contributed by atoms with E-state index in [-0.39, 0.29) is 23.3 Å². The highest BCUT2D eigenvalue weighted by molar-refractivity contribution is 7.92. The number of carbonyl (C=O) groups excluding carboxylic acids is 1. The van der Waals surface area contributed by atoms with Crippen LogP contribution in [0.25, 0.3) is 0 Å². The van der Waals surface area contributed by atoms with Crippen LogP contribution in [0.4, 0.5) is 11.4 Å². The molecule has 3 aromatic carbocycles. The Morgan fingerprint density at radius 1 is 0.906 bits per heavy atom. The minimum Gasteiger partial charge on any atom is -0.324 e. The van der Waals surface area contributed by atoms with E-state index >= 15 is 0 Å². The van der Waals surface area contributed by atoms with Gasteiger partial charge in [-0.25, -0.2) is 8.42 Å². The summed E-state index contributed by atoms with van der Waals surface area (Å²) in [7, 11) is -3.94. The van der Waals surface area contributed by atoms with Crippen LogP contribution in [0.2, 0.25) is 0 Å². The number of aryl methyl sites for hydroxylation is 3. The molecule has 0 saturated carbocycles. The van der Waals surface area contributed by atoms with Crippen LogP contribution in [0.15, 0.2) is 71.6 Å². The molecule has 0 saturated heterocycles. The van der Waals surface area contributed by atoms with Crippen LogP contribution >= 0.6 is 0 Å². The maximum atomic E-state index is 13.5. The van der Waals surface area contributed by atoms with Crippen LogP contribution in [0.1, 0.15) is 42.0 Å². The fraction of sp³-hybridized carbons (Fsp3) is 0.269. The summed E-state index contributed by atoms with van der Waals surface area (Å²) >= 11 is 0. The number of anilines is 2. The maximum absolute atomic E-state index is 13.5. The zero-order chi connectivity index (χ0) is 23.5. The van der Waals surface area contributed by atoms with Crippen molar-refractivity contribution in [3.63, 3.8) is 0 Å². The molecule has 3 rings (SSSR count). The van der Waals surface area contributed by atoms with Gasteiger partial charge < -0.3 is 5.32 Å². The molecule has 0 atom stereocenters. The number of para-hydroxylation sites is 1. The topological polar surface area (TPSA) is 66.5 Å². The largest absolute Gasteiger partial charge is 0.324 e. The van der Waals surface area contributed by atoms with Crippen LogP contribution in [0.3, 0.4) is 0 Å². The molecule has 3 aromatic rings. The van der Waals surface area contributed by atoms with Gasteiger partial charge in [0.2, 0.25) is 5.91 Å². The number of amides is 1. The molecule has 0 bridgehead atoms. The van der Waals surface area contributed by atoms with Crippen molar-refractivity contribution in [2.75, 3.05) is 16.2 Å². The van der Waals surface area contributed by atoms with Gasteiger partial charge in [-0.3, -0.25) is 9.10 Å². The number of nitrogens with one attached hydrogen (secondary N) is 1. The number of hydrogen-bond donors (Lipinski definition) is 1. The van der Waals surface area contributed by atoms with Crippen LogP contribution in [0.5, 0.6) is 0 Å². The Labute approximate surface area is 191 Å². The van der Waals surface area contributed by atoms with Gasteiger partial charge in [0.1, 0.15) is 6.54 Å². The van der Waals surface area contributed by atoms with E-state index in [0.29, 0.717) is 5.69 Å². The number of rotatable bonds is 7. The highest BCUT2D eigenvalue weighted by Crippen LogP contribution is 2.30. The van der Waals surface area contributed by atoms with E-state index in [2.05, 4.69) is 19.2 Å². The molecule has 5 nitrogen and oxygen atoms in total. The highest BCUT2D eigenvalue weighted by atomic mass is 32.2. The summed E-state index contributed by atoms with van der Waals surface area (Å²) in [6.45, 7) is 9.53. The Kier molecular flexibility index (Phi) is 7.04. The van der Waals surface area contributed by atoms with E-state index in [1.54, 1.807) is 36.4 Å². The normalized spacial score (nSPS) is 11.4. The van der Waals surface area contributed by atoms with Gasteiger partial charge in [-0.05, 0) is 61.6 Å². The average Bonchev–Trinajstić information content (AvgIpc) is 2.74. The first kappa shape index (κ1) is 23.5. The molecule has 0 aromatic heterocycles. The van der Waals surface area contributed by atoms with E-state index in [4.69, 9.17) is 0 Å². The molecule has 1 amide bonds. The minimum absolute atomic E-state index is 0.145. The molecular weight excluding hydrogens is 420 g/mol. The van der Waals surface area contributed by atoms with E-state index < -0.39 is 10.0 Å². The van der Waals surface area contributed by atoms with E-state index in [9.17, 15) is 13.2 Å². The predicted molar refractivity (Wildman–Crippen MR) is 131 cm³/mol. The van der Waals surface area contributed by atoms with Crippen molar-refractivity contribution in [1.29, 1.82) is 0 Å². The molecule has 0 unspecified atom stereocenters. The van der Waals surface area contributed by atoms with E-state index in [0.717, 1.165) is 27.9 Å². The van der Waals surface area contributed by atoms with Gasteiger partial charge in [0, 0.05) is 5.69 Å². The van der Waals surface area contributed by atoms with Gasteiger partial charge in [0.25, 0.3) is 10.0 Å². The molecule has 0 radical (unpaired) electrons. The Balaban J connectivity index is 2.01. The Bertz CT molecular complexity index is 1220.